The number of rotatable bonds is 3. The topological polar surface area (TPSA) is 17.1 Å². The van der Waals surface area contributed by atoms with E-state index in [4.69, 9.17) is 0 Å². The molecule has 0 aromatic carbocycles. The Labute approximate surface area is 91.3 Å². The van der Waals surface area contributed by atoms with Gasteiger partial charge in [0.25, 0.3) is 0 Å². The van der Waals surface area contributed by atoms with Crippen LogP contribution in [0.2, 0.25) is 0 Å². The molecule has 0 unspecified atom stereocenters. The van der Waals surface area contributed by atoms with E-state index in [9.17, 15) is 4.79 Å². The van der Waals surface area contributed by atoms with E-state index in [0.29, 0.717) is 5.25 Å². The average molecular weight is 212 g/mol. The van der Waals surface area contributed by atoms with Crippen LogP contribution in [0.25, 0.3) is 0 Å². The third kappa shape index (κ3) is 3.16. The molecule has 0 aromatic heterocycles. The van der Waals surface area contributed by atoms with Crippen LogP contribution in [0.5, 0.6) is 0 Å². The van der Waals surface area contributed by atoms with Crippen LogP contribution in [0, 0.1) is 5.41 Å². The summed E-state index contributed by atoms with van der Waals surface area (Å²) in [6.45, 7) is 7.60. The van der Waals surface area contributed by atoms with Gasteiger partial charge >= 0.3 is 0 Å². The molecule has 1 nitrogen and oxygen atoms in total. The minimum absolute atomic E-state index is 0.277. The van der Waals surface area contributed by atoms with E-state index < -0.39 is 0 Å². The molecule has 0 aliphatic heterocycles. The van der Waals surface area contributed by atoms with Gasteiger partial charge in [-0.2, -0.15) is 0 Å². The molecular formula is C12H20OS. The van der Waals surface area contributed by atoms with E-state index in [1.54, 1.807) is 17.8 Å². The Morgan fingerprint density at radius 3 is 2.43 bits per heavy atom. The molecular weight excluding hydrogens is 192 g/mol. The third-order valence-electron chi connectivity index (χ3n) is 2.86. The largest absolute Gasteiger partial charge is 0.286 e. The molecule has 1 saturated carbocycles. The Balaban J connectivity index is 2.43. The lowest BCUT2D eigenvalue weighted by atomic mass is 9.96. The number of carbonyl (C=O) groups is 1. The first-order valence-corrected chi connectivity index (χ1v) is 6.29. The summed E-state index contributed by atoms with van der Waals surface area (Å²) >= 11 is 1.54. The van der Waals surface area contributed by atoms with Crippen molar-refractivity contribution in [1.29, 1.82) is 0 Å². The summed E-state index contributed by atoms with van der Waals surface area (Å²) in [4.78, 5) is 11.9. The molecule has 0 spiro atoms. The van der Waals surface area contributed by atoms with E-state index in [-0.39, 0.29) is 10.5 Å². The van der Waals surface area contributed by atoms with Crippen LogP contribution in [-0.4, -0.2) is 10.4 Å². The number of carbonyl (C=O) groups excluding carboxylic acids is 1. The molecule has 14 heavy (non-hydrogen) atoms. The third-order valence-corrected chi connectivity index (χ3v) is 4.41. The number of hydrogen-bond donors (Lipinski definition) is 0. The Kier molecular flexibility index (Phi) is 4.24. The molecule has 1 aliphatic carbocycles. The highest BCUT2D eigenvalue weighted by atomic mass is 32.2. The second-order valence-electron chi connectivity index (χ2n) is 4.59. The fourth-order valence-electron chi connectivity index (χ4n) is 1.57. The van der Waals surface area contributed by atoms with Gasteiger partial charge in [-0.25, -0.2) is 0 Å². The lowest BCUT2D eigenvalue weighted by molar-refractivity contribution is -0.116. The van der Waals surface area contributed by atoms with Crippen LogP contribution in [0.1, 0.15) is 46.0 Å². The van der Waals surface area contributed by atoms with E-state index >= 15 is 0 Å². The highest BCUT2D eigenvalue weighted by Gasteiger charge is 2.27. The summed E-state index contributed by atoms with van der Waals surface area (Å²) < 4.78 is 0. The van der Waals surface area contributed by atoms with E-state index in [2.05, 4.69) is 6.58 Å². The quantitative estimate of drug-likeness (QED) is 0.662. The van der Waals surface area contributed by atoms with Gasteiger partial charge in [-0.05, 0) is 26.7 Å². The van der Waals surface area contributed by atoms with Crippen molar-refractivity contribution in [2.45, 2.75) is 51.2 Å². The summed E-state index contributed by atoms with van der Waals surface area (Å²) in [6, 6.07) is 0. The van der Waals surface area contributed by atoms with Crippen LogP contribution in [0.15, 0.2) is 12.7 Å². The molecule has 1 rings (SSSR count). The molecule has 2 heteroatoms. The van der Waals surface area contributed by atoms with Gasteiger partial charge in [0, 0.05) is 5.25 Å². The maximum atomic E-state index is 11.9. The van der Waals surface area contributed by atoms with Gasteiger partial charge in [0.2, 0.25) is 0 Å². The van der Waals surface area contributed by atoms with Crippen LogP contribution < -0.4 is 0 Å². The first kappa shape index (κ1) is 11.8. The fraction of sp³-hybridized carbons (Fsp3) is 0.750. The van der Waals surface area contributed by atoms with Gasteiger partial charge in [-0.3, -0.25) is 4.79 Å². The smallest absolute Gasteiger partial charge is 0.198 e. The van der Waals surface area contributed by atoms with Gasteiger partial charge in [0.05, 0.1) is 5.41 Å². The number of hydrogen-bond acceptors (Lipinski definition) is 2. The van der Waals surface area contributed by atoms with Crippen LogP contribution in [0.3, 0.4) is 0 Å². The zero-order chi connectivity index (χ0) is 10.6. The molecule has 0 bridgehead atoms. The van der Waals surface area contributed by atoms with Crippen molar-refractivity contribution in [2.75, 3.05) is 0 Å². The first-order valence-electron chi connectivity index (χ1n) is 5.41. The lowest BCUT2D eigenvalue weighted by Crippen LogP contribution is -2.22. The normalized spacial score (nSPS) is 19.3. The van der Waals surface area contributed by atoms with Gasteiger partial charge in [-0.15, -0.1) is 6.58 Å². The summed E-state index contributed by atoms with van der Waals surface area (Å²) in [5, 5.41) is 0.842. The second-order valence-corrected chi connectivity index (χ2v) is 5.86. The first-order chi connectivity index (χ1) is 6.56. The zero-order valence-corrected chi connectivity index (χ0v) is 10.0. The Morgan fingerprint density at radius 2 is 1.93 bits per heavy atom. The molecule has 0 radical (unpaired) electrons. The Bertz CT molecular complexity index is 214. The molecule has 80 valence electrons. The number of allylic oxidation sites excluding steroid dienone is 1. The standard InChI is InChI=1S/C12H20OS/c1-4-12(2,3)11(13)14-10-8-6-5-7-9-10/h4,10H,1,5-9H2,2-3H3. The molecule has 0 heterocycles. The molecule has 0 amide bonds. The highest BCUT2D eigenvalue weighted by Crippen LogP contribution is 2.34. The summed E-state index contributed by atoms with van der Waals surface area (Å²) in [5.74, 6) is 0. The average Bonchev–Trinajstić information content (AvgIpc) is 2.19. The molecule has 0 aromatic rings. The van der Waals surface area contributed by atoms with E-state index in [0.717, 1.165) is 0 Å². The second kappa shape index (κ2) is 5.01. The van der Waals surface area contributed by atoms with Crippen LogP contribution in [0.4, 0.5) is 0 Å². The highest BCUT2D eigenvalue weighted by molar-refractivity contribution is 8.14. The molecule has 1 aliphatic rings. The molecule has 0 saturated heterocycles. The van der Waals surface area contributed by atoms with Crippen molar-refractivity contribution in [3.8, 4) is 0 Å². The minimum Gasteiger partial charge on any atom is -0.286 e. The SMILES string of the molecule is C=CC(C)(C)C(=O)SC1CCCCC1. The van der Waals surface area contributed by atoms with Crippen LogP contribution >= 0.6 is 11.8 Å². The Hall–Kier alpha value is -0.240. The Morgan fingerprint density at radius 1 is 1.36 bits per heavy atom. The van der Waals surface area contributed by atoms with E-state index in [1.165, 1.54) is 32.1 Å². The van der Waals surface area contributed by atoms with E-state index in [1.807, 2.05) is 13.8 Å². The minimum atomic E-state index is -0.359. The van der Waals surface area contributed by atoms with Crippen LogP contribution in [-0.2, 0) is 4.79 Å². The predicted octanol–water partition coefficient (Wildman–Crippen LogP) is 3.79. The van der Waals surface area contributed by atoms with Crippen molar-refractivity contribution >= 4 is 16.9 Å². The van der Waals surface area contributed by atoms with Crippen molar-refractivity contribution in [1.82, 2.24) is 0 Å². The zero-order valence-electron chi connectivity index (χ0n) is 9.21. The van der Waals surface area contributed by atoms with Crippen molar-refractivity contribution in [2.24, 2.45) is 5.41 Å². The molecule has 0 atom stereocenters. The van der Waals surface area contributed by atoms with Gasteiger partial charge in [-0.1, -0.05) is 37.1 Å². The molecule has 0 N–H and O–H groups in total. The monoisotopic (exact) mass is 212 g/mol. The van der Waals surface area contributed by atoms with Gasteiger partial charge in [0.1, 0.15) is 0 Å². The lowest BCUT2D eigenvalue weighted by Gasteiger charge is -2.24. The maximum Gasteiger partial charge on any atom is 0.198 e. The molecule has 1 fully saturated rings. The van der Waals surface area contributed by atoms with Gasteiger partial charge < -0.3 is 0 Å². The summed E-state index contributed by atoms with van der Waals surface area (Å²) in [7, 11) is 0. The van der Waals surface area contributed by atoms with Crippen molar-refractivity contribution in [3.63, 3.8) is 0 Å². The fourth-order valence-corrected chi connectivity index (χ4v) is 2.83. The number of thioether (sulfide) groups is 1. The van der Waals surface area contributed by atoms with Crippen molar-refractivity contribution in [3.05, 3.63) is 12.7 Å². The predicted molar refractivity (Wildman–Crippen MR) is 63.4 cm³/mol. The van der Waals surface area contributed by atoms with Crippen molar-refractivity contribution < 1.29 is 4.79 Å². The maximum absolute atomic E-state index is 11.9. The summed E-state index contributed by atoms with van der Waals surface area (Å²) in [6.07, 6.45) is 8.10. The summed E-state index contributed by atoms with van der Waals surface area (Å²) in [5.41, 5.74) is -0.359. The van der Waals surface area contributed by atoms with Gasteiger partial charge in [0.15, 0.2) is 5.12 Å².